The second-order valence-corrected chi connectivity index (χ2v) is 4.40. The molecule has 0 saturated heterocycles. The topological polar surface area (TPSA) is 52.3 Å². The average molecular weight is 255 g/mol. The van der Waals surface area contributed by atoms with E-state index >= 15 is 0 Å². The van der Waals surface area contributed by atoms with Crippen molar-refractivity contribution in [2.45, 2.75) is 12.8 Å². The second kappa shape index (κ2) is 6.05. The molecular formula is C16H17NO2. The lowest BCUT2D eigenvalue weighted by Crippen LogP contribution is -2.01. The molecule has 0 aliphatic rings. The monoisotopic (exact) mass is 255 g/mol. The molecule has 0 saturated carbocycles. The maximum atomic E-state index is 12.0. The maximum absolute atomic E-state index is 12.0. The van der Waals surface area contributed by atoms with Gasteiger partial charge in [0.25, 0.3) is 0 Å². The molecule has 2 rings (SSSR count). The Morgan fingerprint density at radius 1 is 1.16 bits per heavy atom. The van der Waals surface area contributed by atoms with Gasteiger partial charge in [0.05, 0.1) is 7.11 Å². The molecule has 98 valence electrons. The number of nitrogens with two attached hydrogens (primary N) is 1. The van der Waals surface area contributed by atoms with E-state index in [9.17, 15) is 4.79 Å². The number of anilines is 1. The highest BCUT2D eigenvalue weighted by Gasteiger charge is 2.06. The van der Waals surface area contributed by atoms with Crippen molar-refractivity contribution in [3.8, 4) is 5.75 Å². The SMILES string of the molecule is COc1ccc(C(=O)CCc2cccc(N)c2)cc1. The fourth-order valence-corrected chi connectivity index (χ4v) is 1.93. The standard InChI is InChI=1S/C16H17NO2/c1-19-15-8-6-13(7-9-15)16(18)10-5-12-3-2-4-14(17)11-12/h2-4,6-9,11H,5,10,17H2,1H3. The van der Waals surface area contributed by atoms with Gasteiger partial charge in [0, 0.05) is 17.7 Å². The first-order valence-corrected chi connectivity index (χ1v) is 6.21. The minimum Gasteiger partial charge on any atom is -0.497 e. The van der Waals surface area contributed by atoms with Crippen molar-refractivity contribution in [3.05, 3.63) is 59.7 Å². The molecule has 3 nitrogen and oxygen atoms in total. The van der Waals surface area contributed by atoms with E-state index < -0.39 is 0 Å². The summed E-state index contributed by atoms with van der Waals surface area (Å²) < 4.78 is 5.07. The smallest absolute Gasteiger partial charge is 0.163 e. The van der Waals surface area contributed by atoms with Gasteiger partial charge in [-0.2, -0.15) is 0 Å². The molecule has 0 unspecified atom stereocenters. The van der Waals surface area contributed by atoms with Crippen LogP contribution < -0.4 is 10.5 Å². The van der Waals surface area contributed by atoms with Crippen LogP contribution in [-0.4, -0.2) is 12.9 Å². The number of nitrogen functional groups attached to an aromatic ring is 1. The third kappa shape index (κ3) is 3.58. The first-order valence-electron chi connectivity index (χ1n) is 6.21. The number of rotatable bonds is 5. The quantitative estimate of drug-likeness (QED) is 0.659. The van der Waals surface area contributed by atoms with E-state index in [2.05, 4.69) is 0 Å². The number of hydrogen-bond donors (Lipinski definition) is 1. The van der Waals surface area contributed by atoms with Crippen molar-refractivity contribution in [2.24, 2.45) is 0 Å². The zero-order valence-electron chi connectivity index (χ0n) is 10.9. The Bertz CT molecular complexity index is 561. The van der Waals surface area contributed by atoms with Crippen molar-refractivity contribution in [3.63, 3.8) is 0 Å². The van der Waals surface area contributed by atoms with Crippen molar-refractivity contribution >= 4 is 11.5 Å². The van der Waals surface area contributed by atoms with Crippen molar-refractivity contribution in [2.75, 3.05) is 12.8 Å². The van der Waals surface area contributed by atoms with Gasteiger partial charge < -0.3 is 10.5 Å². The summed E-state index contributed by atoms with van der Waals surface area (Å²) in [5.74, 6) is 0.887. The first-order chi connectivity index (χ1) is 9.19. The van der Waals surface area contributed by atoms with Gasteiger partial charge in [-0.25, -0.2) is 0 Å². The highest BCUT2D eigenvalue weighted by atomic mass is 16.5. The van der Waals surface area contributed by atoms with E-state index in [-0.39, 0.29) is 5.78 Å². The Labute approximate surface area is 113 Å². The zero-order valence-corrected chi connectivity index (χ0v) is 10.9. The Morgan fingerprint density at radius 2 is 1.89 bits per heavy atom. The Kier molecular flexibility index (Phi) is 4.18. The fraction of sp³-hybridized carbons (Fsp3) is 0.188. The van der Waals surface area contributed by atoms with E-state index in [1.165, 1.54) is 0 Å². The predicted octanol–water partition coefficient (Wildman–Crippen LogP) is 3.09. The molecule has 0 fully saturated rings. The molecule has 0 spiro atoms. The molecular weight excluding hydrogens is 238 g/mol. The number of hydrogen-bond acceptors (Lipinski definition) is 3. The predicted molar refractivity (Wildman–Crippen MR) is 76.5 cm³/mol. The number of benzene rings is 2. The molecule has 2 aromatic carbocycles. The number of Topliss-reactive ketones (excluding diaryl/α,β-unsaturated/α-hetero) is 1. The minimum atomic E-state index is 0.130. The van der Waals surface area contributed by atoms with Crippen LogP contribution in [-0.2, 0) is 6.42 Å². The molecule has 3 heteroatoms. The third-order valence-corrected chi connectivity index (χ3v) is 3.00. The van der Waals surface area contributed by atoms with Gasteiger partial charge in [-0.1, -0.05) is 12.1 Å². The molecule has 0 aliphatic carbocycles. The van der Waals surface area contributed by atoms with Gasteiger partial charge in [-0.15, -0.1) is 0 Å². The summed E-state index contributed by atoms with van der Waals surface area (Å²) in [6.07, 6.45) is 1.19. The van der Waals surface area contributed by atoms with E-state index in [4.69, 9.17) is 10.5 Å². The molecule has 2 N–H and O–H groups in total. The average Bonchev–Trinajstić information content (AvgIpc) is 2.45. The molecule has 0 heterocycles. The molecule has 2 aromatic rings. The van der Waals surface area contributed by atoms with E-state index in [1.807, 2.05) is 24.3 Å². The van der Waals surface area contributed by atoms with Crippen molar-refractivity contribution < 1.29 is 9.53 Å². The molecule has 0 aromatic heterocycles. The molecule has 0 amide bonds. The number of carbonyl (C=O) groups excluding carboxylic acids is 1. The summed E-state index contributed by atoms with van der Waals surface area (Å²) in [5.41, 5.74) is 8.24. The molecule has 19 heavy (non-hydrogen) atoms. The van der Waals surface area contributed by atoms with Crippen LogP contribution in [0.3, 0.4) is 0 Å². The van der Waals surface area contributed by atoms with E-state index in [1.54, 1.807) is 31.4 Å². The number of ether oxygens (including phenoxy) is 1. The Morgan fingerprint density at radius 3 is 2.53 bits per heavy atom. The van der Waals surface area contributed by atoms with Gasteiger partial charge in [0.2, 0.25) is 0 Å². The van der Waals surface area contributed by atoms with Gasteiger partial charge in [0.1, 0.15) is 5.75 Å². The van der Waals surface area contributed by atoms with Crippen molar-refractivity contribution in [1.82, 2.24) is 0 Å². The number of methoxy groups -OCH3 is 1. The number of carbonyl (C=O) groups is 1. The van der Waals surface area contributed by atoms with Crippen LogP contribution in [0.25, 0.3) is 0 Å². The van der Waals surface area contributed by atoms with E-state index in [0.717, 1.165) is 17.0 Å². The lowest BCUT2D eigenvalue weighted by Gasteiger charge is -2.04. The zero-order chi connectivity index (χ0) is 13.7. The van der Waals surface area contributed by atoms with Gasteiger partial charge in [-0.3, -0.25) is 4.79 Å². The maximum Gasteiger partial charge on any atom is 0.163 e. The summed E-state index contributed by atoms with van der Waals surface area (Å²) in [5, 5.41) is 0. The first kappa shape index (κ1) is 13.1. The molecule has 0 bridgehead atoms. The van der Waals surface area contributed by atoms with Crippen LogP contribution in [0, 0.1) is 0 Å². The molecule has 0 radical (unpaired) electrons. The van der Waals surface area contributed by atoms with Crippen LogP contribution in [0.5, 0.6) is 5.75 Å². The number of ketones is 1. The summed E-state index contributed by atoms with van der Waals surface area (Å²) in [4.78, 5) is 12.0. The number of aryl methyl sites for hydroxylation is 1. The van der Waals surface area contributed by atoms with Gasteiger partial charge in [-0.05, 0) is 48.4 Å². The second-order valence-electron chi connectivity index (χ2n) is 4.40. The Hall–Kier alpha value is -2.29. The lowest BCUT2D eigenvalue weighted by atomic mass is 10.0. The highest BCUT2D eigenvalue weighted by Crippen LogP contribution is 2.15. The summed E-state index contributed by atoms with van der Waals surface area (Å²) in [6.45, 7) is 0. The van der Waals surface area contributed by atoms with Crippen LogP contribution >= 0.6 is 0 Å². The van der Waals surface area contributed by atoms with Crippen LogP contribution in [0.1, 0.15) is 22.3 Å². The van der Waals surface area contributed by atoms with Gasteiger partial charge >= 0.3 is 0 Å². The fourth-order valence-electron chi connectivity index (χ4n) is 1.93. The Balaban J connectivity index is 1.97. The van der Waals surface area contributed by atoms with Crippen LogP contribution in [0.2, 0.25) is 0 Å². The van der Waals surface area contributed by atoms with Crippen LogP contribution in [0.4, 0.5) is 5.69 Å². The third-order valence-electron chi connectivity index (χ3n) is 3.00. The summed E-state index contributed by atoms with van der Waals surface area (Å²) in [7, 11) is 1.61. The summed E-state index contributed by atoms with van der Waals surface area (Å²) in [6, 6.07) is 14.8. The van der Waals surface area contributed by atoms with Crippen LogP contribution in [0.15, 0.2) is 48.5 Å². The minimum absolute atomic E-state index is 0.130. The van der Waals surface area contributed by atoms with Gasteiger partial charge in [0.15, 0.2) is 5.78 Å². The van der Waals surface area contributed by atoms with E-state index in [0.29, 0.717) is 18.4 Å². The highest BCUT2D eigenvalue weighted by molar-refractivity contribution is 5.96. The summed E-state index contributed by atoms with van der Waals surface area (Å²) >= 11 is 0. The molecule has 0 aliphatic heterocycles. The largest absolute Gasteiger partial charge is 0.497 e. The van der Waals surface area contributed by atoms with Crippen molar-refractivity contribution in [1.29, 1.82) is 0 Å². The lowest BCUT2D eigenvalue weighted by molar-refractivity contribution is 0.0983. The molecule has 0 atom stereocenters. The normalized spacial score (nSPS) is 10.2.